The molecule has 0 saturated carbocycles. The molecule has 1 rings (SSSR count). The van der Waals surface area contributed by atoms with Crippen molar-refractivity contribution in [3.05, 3.63) is 0 Å². The van der Waals surface area contributed by atoms with Crippen molar-refractivity contribution in [3.8, 4) is 0 Å². The Kier molecular flexibility index (Phi) is 15.3. The van der Waals surface area contributed by atoms with Crippen LogP contribution in [0.15, 0.2) is 0 Å². The number of alkyl halides is 1. The molecule has 1 fully saturated rings. The molecule has 148 valence electrons. The van der Waals surface area contributed by atoms with Gasteiger partial charge in [-0.1, -0.05) is 0 Å². The van der Waals surface area contributed by atoms with Crippen LogP contribution >= 0.6 is 11.6 Å². The molecule has 0 aromatic heterocycles. The van der Waals surface area contributed by atoms with Crippen LogP contribution < -0.4 is 0 Å². The zero-order valence-electron chi connectivity index (χ0n) is 14.8. The molecule has 25 heavy (non-hydrogen) atoms. The van der Waals surface area contributed by atoms with Gasteiger partial charge < -0.3 is 33.3 Å². The van der Waals surface area contributed by atoms with Gasteiger partial charge in [0.25, 0.3) is 0 Å². The zero-order valence-corrected chi connectivity index (χ0v) is 15.5. The smallest absolute Gasteiger partial charge is 0.237 e. The second kappa shape index (κ2) is 17.0. The van der Waals surface area contributed by atoms with Crippen LogP contribution in [0.1, 0.15) is 0 Å². The third kappa shape index (κ3) is 13.4. The summed E-state index contributed by atoms with van der Waals surface area (Å²) in [7, 11) is 0. The van der Waals surface area contributed by atoms with Crippen molar-refractivity contribution in [1.29, 1.82) is 0 Å². The topological polar surface area (TPSA) is 75.7 Å². The number of halogens is 1. The maximum absolute atomic E-state index is 11.8. The van der Waals surface area contributed by atoms with E-state index in [9.17, 15) is 4.79 Å². The van der Waals surface area contributed by atoms with E-state index in [0.29, 0.717) is 92.4 Å². The Morgan fingerprint density at radius 2 is 0.880 bits per heavy atom. The molecule has 0 unspecified atom stereocenters. The van der Waals surface area contributed by atoms with Crippen molar-refractivity contribution in [2.75, 3.05) is 98.3 Å². The monoisotopic (exact) mass is 383 g/mol. The van der Waals surface area contributed by atoms with E-state index in [0.717, 1.165) is 0 Å². The van der Waals surface area contributed by atoms with Crippen LogP contribution in [-0.4, -0.2) is 109 Å². The molecule has 0 N–H and O–H groups in total. The van der Waals surface area contributed by atoms with Crippen LogP contribution in [0.3, 0.4) is 0 Å². The summed E-state index contributed by atoms with van der Waals surface area (Å²) < 4.78 is 32.5. The van der Waals surface area contributed by atoms with Gasteiger partial charge in [0, 0.05) is 13.1 Å². The predicted molar refractivity (Wildman–Crippen MR) is 92.2 cm³/mol. The fourth-order valence-corrected chi connectivity index (χ4v) is 2.17. The van der Waals surface area contributed by atoms with Crippen molar-refractivity contribution in [2.45, 2.75) is 0 Å². The number of carbonyl (C=O) groups excluding carboxylic acids is 1. The van der Waals surface area contributed by atoms with Crippen LogP contribution in [0.4, 0.5) is 0 Å². The molecular formula is C16H30ClNO7. The van der Waals surface area contributed by atoms with Crippen LogP contribution in [0.2, 0.25) is 0 Å². The minimum absolute atomic E-state index is 0.0494. The predicted octanol–water partition coefficient (Wildman–Crippen LogP) is 0.167. The summed E-state index contributed by atoms with van der Waals surface area (Å²) in [6.07, 6.45) is 0. The fourth-order valence-electron chi connectivity index (χ4n) is 2.00. The van der Waals surface area contributed by atoms with Gasteiger partial charge in [-0.3, -0.25) is 4.79 Å². The first kappa shape index (κ1) is 22.6. The van der Waals surface area contributed by atoms with E-state index < -0.39 is 0 Å². The van der Waals surface area contributed by atoms with Crippen molar-refractivity contribution >= 4 is 17.5 Å². The minimum Gasteiger partial charge on any atom is -0.377 e. The summed E-state index contributed by atoms with van der Waals surface area (Å²) in [5.41, 5.74) is 0. The number of ether oxygens (including phenoxy) is 6. The van der Waals surface area contributed by atoms with Gasteiger partial charge in [0.15, 0.2) is 0 Å². The van der Waals surface area contributed by atoms with E-state index >= 15 is 0 Å². The molecule has 0 aliphatic carbocycles. The maximum Gasteiger partial charge on any atom is 0.237 e. The van der Waals surface area contributed by atoms with E-state index in [-0.39, 0.29) is 11.8 Å². The summed E-state index contributed by atoms with van der Waals surface area (Å²) in [5.74, 6) is -0.180. The molecule has 1 saturated heterocycles. The van der Waals surface area contributed by atoms with Gasteiger partial charge >= 0.3 is 0 Å². The number of nitrogens with zero attached hydrogens (tertiary/aromatic N) is 1. The number of hydrogen-bond acceptors (Lipinski definition) is 7. The number of carbonyl (C=O) groups is 1. The molecular weight excluding hydrogens is 354 g/mol. The summed E-state index contributed by atoms with van der Waals surface area (Å²) >= 11 is 5.64. The van der Waals surface area contributed by atoms with Gasteiger partial charge in [-0.25, -0.2) is 0 Å². The molecule has 0 aromatic rings. The molecule has 1 amide bonds. The van der Waals surface area contributed by atoms with Gasteiger partial charge in [0.1, 0.15) is 5.88 Å². The molecule has 1 aliphatic rings. The SMILES string of the molecule is O=C(CCl)N1CCOCCOCCOCCOCCOCCOCC1. The first-order valence-electron chi connectivity index (χ1n) is 8.65. The zero-order chi connectivity index (χ0) is 18.0. The normalized spacial score (nSPS) is 22.0. The summed E-state index contributed by atoms with van der Waals surface area (Å²) in [5, 5.41) is 0. The average Bonchev–Trinajstić information content (AvgIpc) is 2.63. The number of rotatable bonds is 1. The van der Waals surface area contributed by atoms with Crippen LogP contribution in [0.25, 0.3) is 0 Å². The van der Waals surface area contributed by atoms with E-state index in [2.05, 4.69) is 0 Å². The lowest BCUT2D eigenvalue weighted by Gasteiger charge is -2.21. The second-order valence-corrected chi connectivity index (χ2v) is 5.46. The highest BCUT2D eigenvalue weighted by atomic mass is 35.5. The first-order chi connectivity index (χ1) is 12.3. The Labute approximate surface area is 154 Å². The average molecular weight is 384 g/mol. The van der Waals surface area contributed by atoms with Gasteiger partial charge in [-0.15, -0.1) is 11.6 Å². The van der Waals surface area contributed by atoms with E-state index in [1.54, 1.807) is 4.90 Å². The molecule has 0 atom stereocenters. The highest BCUT2D eigenvalue weighted by Crippen LogP contribution is 1.95. The third-order valence-corrected chi connectivity index (χ3v) is 3.57. The summed E-state index contributed by atoms with van der Waals surface area (Å²) in [6.45, 7) is 6.89. The van der Waals surface area contributed by atoms with E-state index in [1.165, 1.54) is 0 Å². The van der Waals surface area contributed by atoms with Crippen LogP contribution in [-0.2, 0) is 33.2 Å². The Bertz CT molecular complexity index is 301. The van der Waals surface area contributed by atoms with E-state index in [4.69, 9.17) is 40.0 Å². The van der Waals surface area contributed by atoms with Crippen LogP contribution in [0, 0.1) is 0 Å². The number of amides is 1. The van der Waals surface area contributed by atoms with Gasteiger partial charge in [-0.2, -0.15) is 0 Å². The lowest BCUT2D eigenvalue weighted by molar-refractivity contribution is -0.130. The quantitative estimate of drug-likeness (QED) is 0.597. The second-order valence-electron chi connectivity index (χ2n) is 5.19. The lowest BCUT2D eigenvalue weighted by Crippen LogP contribution is -2.37. The Morgan fingerprint density at radius 3 is 1.16 bits per heavy atom. The summed E-state index contributed by atoms with van der Waals surface area (Å²) in [4.78, 5) is 13.4. The summed E-state index contributed by atoms with van der Waals surface area (Å²) in [6, 6.07) is 0. The standard InChI is InChI=1S/C16H30ClNO7/c17-15-16(19)18-1-3-20-5-7-22-9-11-24-13-14-25-12-10-23-8-6-21-4-2-18/h1-15H2. The first-order valence-corrected chi connectivity index (χ1v) is 9.18. The van der Waals surface area contributed by atoms with Crippen molar-refractivity contribution in [1.82, 2.24) is 4.90 Å². The Hall–Kier alpha value is -0.480. The highest BCUT2D eigenvalue weighted by molar-refractivity contribution is 6.27. The third-order valence-electron chi connectivity index (χ3n) is 3.34. The Balaban J connectivity index is 2.26. The van der Waals surface area contributed by atoms with Gasteiger partial charge in [0.05, 0.1) is 79.3 Å². The molecule has 8 nitrogen and oxygen atoms in total. The molecule has 0 aromatic carbocycles. The van der Waals surface area contributed by atoms with Crippen molar-refractivity contribution in [3.63, 3.8) is 0 Å². The largest absolute Gasteiger partial charge is 0.377 e. The molecule has 1 heterocycles. The van der Waals surface area contributed by atoms with Crippen LogP contribution in [0.5, 0.6) is 0 Å². The van der Waals surface area contributed by atoms with Gasteiger partial charge in [-0.05, 0) is 0 Å². The molecule has 0 bridgehead atoms. The molecule has 0 radical (unpaired) electrons. The molecule has 1 aliphatic heterocycles. The molecule has 9 heteroatoms. The fraction of sp³-hybridized carbons (Fsp3) is 0.938. The minimum atomic E-state index is -0.131. The lowest BCUT2D eigenvalue weighted by atomic mass is 10.4. The number of hydrogen-bond donors (Lipinski definition) is 0. The van der Waals surface area contributed by atoms with Crippen molar-refractivity contribution < 1.29 is 33.2 Å². The highest BCUT2D eigenvalue weighted by Gasteiger charge is 2.11. The Morgan fingerprint density at radius 1 is 0.600 bits per heavy atom. The van der Waals surface area contributed by atoms with Gasteiger partial charge in [0.2, 0.25) is 5.91 Å². The van der Waals surface area contributed by atoms with Crippen molar-refractivity contribution in [2.24, 2.45) is 0 Å². The van der Waals surface area contributed by atoms with E-state index in [1.807, 2.05) is 0 Å². The maximum atomic E-state index is 11.8. The molecule has 0 spiro atoms.